The van der Waals surface area contributed by atoms with E-state index in [-0.39, 0.29) is 11.6 Å². The minimum absolute atomic E-state index is 0.0132. The van der Waals surface area contributed by atoms with Crippen molar-refractivity contribution in [3.05, 3.63) is 29.6 Å². The molecule has 0 spiro atoms. The van der Waals surface area contributed by atoms with Gasteiger partial charge >= 0.3 is 0 Å². The second-order valence-corrected chi connectivity index (χ2v) is 5.63. The van der Waals surface area contributed by atoms with Gasteiger partial charge in [0.05, 0.1) is 11.3 Å². The van der Waals surface area contributed by atoms with Gasteiger partial charge in [0.1, 0.15) is 5.82 Å². The van der Waals surface area contributed by atoms with E-state index in [4.69, 9.17) is 11.5 Å². The van der Waals surface area contributed by atoms with Crippen molar-refractivity contribution >= 4 is 11.6 Å². The predicted octanol–water partition coefficient (Wildman–Crippen LogP) is 2.27. The summed E-state index contributed by atoms with van der Waals surface area (Å²) in [7, 11) is 0. The third-order valence-corrected chi connectivity index (χ3v) is 4.46. The Morgan fingerprint density at radius 2 is 2.10 bits per heavy atom. The lowest BCUT2D eigenvalue weighted by atomic mass is 9.83. The van der Waals surface area contributed by atoms with Gasteiger partial charge in [0.2, 0.25) is 0 Å². The van der Waals surface area contributed by atoms with Gasteiger partial charge in [-0.2, -0.15) is 0 Å². The van der Waals surface area contributed by atoms with E-state index < -0.39 is 11.7 Å². The molecule has 0 bridgehead atoms. The second kappa shape index (κ2) is 6.89. The van der Waals surface area contributed by atoms with Gasteiger partial charge in [-0.05, 0) is 44.4 Å². The first kappa shape index (κ1) is 15.8. The monoisotopic (exact) mass is 293 g/mol. The van der Waals surface area contributed by atoms with Crippen molar-refractivity contribution in [2.45, 2.75) is 38.6 Å². The Morgan fingerprint density at radius 1 is 1.38 bits per heavy atom. The van der Waals surface area contributed by atoms with Gasteiger partial charge in [-0.15, -0.1) is 0 Å². The molecule has 4 nitrogen and oxygen atoms in total. The summed E-state index contributed by atoms with van der Waals surface area (Å²) >= 11 is 0. The number of anilines is 1. The molecule has 1 aromatic carbocycles. The fourth-order valence-corrected chi connectivity index (χ4v) is 3.45. The third kappa shape index (κ3) is 3.18. The number of rotatable bonds is 5. The Bertz CT molecular complexity index is 506. The Morgan fingerprint density at radius 3 is 2.71 bits per heavy atom. The normalized spacial score (nSPS) is 22.0. The van der Waals surface area contributed by atoms with Crippen LogP contribution in [0.5, 0.6) is 0 Å². The van der Waals surface area contributed by atoms with E-state index in [1.54, 1.807) is 12.1 Å². The van der Waals surface area contributed by atoms with E-state index in [0.717, 1.165) is 19.3 Å². The highest BCUT2D eigenvalue weighted by Crippen LogP contribution is 2.33. The lowest BCUT2D eigenvalue weighted by Crippen LogP contribution is -2.46. The molecule has 1 saturated carbocycles. The number of hydrogen-bond acceptors (Lipinski definition) is 3. The Labute approximate surface area is 125 Å². The lowest BCUT2D eigenvalue weighted by Gasteiger charge is -2.41. The van der Waals surface area contributed by atoms with Crippen molar-refractivity contribution in [1.29, 1.82) is 0 Å². The number of halogens is 1. The van der Waals surface area contributed by atoms with Crippen LogP contribution in [-0.2, 0) is 0 Å². The standard InChI is InChI=1S/C16H24FN3O/c1-2-20(13-8-4-3-6-11(13)10-18)14-9-5-7-12(17)15(14)16(19)21/h5,7,9,11,13H,2-4,6,8,10,18H2,1H3,(H2,19,21). The minimum Gasteiger partial charge on any atom is -0.368 e. The molecule has 1 amide bonds. The molecule has 2 atom stereocenters. The zero-order valence-electron chi connectivity index (χ0n) is 12.5. The zero-order valence-corrected chi connectivity index (χ0v) is 12.5. The van der Waals surface area contributed by atoms with Crippen molar-refractivity contribution in [3.63, 3.8) is 0 Å². The van der Waals surface area contributed by atoms with Crippen molar-refractivity contribution in [1.82, 2.24) is 0 Å². The number of amides is 1. The average Bonchev–Trinajstić information content (AvgIpc) is 2.48. The van der Waals surface area contributed by atoms with Gasteiger partial charge in [0.25, 0.3) is 5.91 Å². The zero-order chi connectivity index (χ0) is 15.4. The maximum Gasteiger partial charge on any atom is 0.253 e. The van der Waals surface area contributed by atoms with Gasteiger partial charge in [-0.1, -0.05) is 18.9 Å². The molecule has 5 heteroatoms. The highest BCUT2D eigenvalue weighted by molar-refractivity contribution is 5.99. The smallest absolute Gasteiger partial charge is 0.253 e. The number of nitrogens with zero attached hydrogens (tertiary/aromatic N) is 1. The van der Waals surface area contributed by atoms with Crippen LogP contribution in [0, 0.1) is 11.7 Å². The number of carbonyl (C=O) groups is 1. The predicted molar refractivity (Wildman–Crippen MR) is 82.7 cm³/mol. The Hall–Kier alpha value is -1.62. The van der Waals surface area contributed by atoms with Gasteiger partial charge in [0.15, 0.2) is 0 Å². The molecule has 21 heavy (non-hydrogen) atoms. The van der Waals surface area contributed by atoms with Gasteiger partial charge in [-0.25, -0.2) is 4.39 Å². The Kier molecular flexibility index (Phi) is 5.17. The first-order chi connectivity index (χ1) is 10.1. The number of primary amides is 1. The van der Waals surface area contributed by atoms with Crippen LogP contribution in [-0.4, -0.2) is 25.0 Å². The fourth-order valence-electron chi connectivity index (χ4n) is 3.45. The molecule has 1 aliphatic carbocycles. The van der Waals surface area contributed by atoms with E-state index in [0.29, 0.717) is 24.7 Å². The molecule has 2 rings (SSSR count). The number of nitrogens with two attached hydrogens (primary N) is 2. The van der Waals surface area contributed by atoms with Crippen LogP contribution < -0.4 is 16.4 Å². The van der Waals surface area contributed by atoms with Crippen LogP contribution in [0.1, 0.15) is 43.0 Å². The van der Waals surface area contributed by atoms with Crippen LogP contribution in [0.25, 0.3) is 0 Å². The van der Waals surface area contributed by atoms with Crippen LogP contribution in [0.15, 0.2) is 18.2 Å². The van der Waals surface area contributed by atoms with E-state index in [1.165, 1.54) is 12.5 Å². The largest absolute Gasteiger partial charge is 0.368 e. The first-order valence-corrected chi connectivity index (χ1v) is 7.65. The molecule has 0 aliphatic heterocycles. The van der Waals surface area contributed by atoms with Crippen LogP contribution >= 0.6 is 0 Å². The lowest BCUT2D eigenvalue weighted by molar-refractivity contribution is 0.0996. The molecule has 1 fully saturated rings. The van der Waals surface area contributed by atoms with E-state index in [1.807, 2.05) is 6.92 Å². The van der Waals surface area contributed by atoms with E-state index in [2.05, 4.69) is 4.90 Å². The fraction of sp³-hybridized carbons (Fsp3) is 0.562. The van der Waals surface area contributed by atoms with Gasteiger partial charge < -0.3 is 16.4 Å². The van der Waals surface area contributed by atoms with Crippen LogP contribution in [0.3, 0.4) is 0 Å². The maximum atomic E-state index is 14.0. The molecule has 0 saturated heterocycles. The molecule has 0 heterocycles. The summed E-state index contributed by atoms with van der Waals surface area (Å²) in [5.74, 6) is -0.900. The number of hydrogen-bond donors (Lipinski definition) is 2. The van der Waals surface area contributed by atoms with Crippen LogP contribution in [0.2, 0.25) is 0 Å². The average molecular weight is 293 g/mol. The van der Waals surface area contributed by atoms with Crippen molar-refractivity contribution in [2.75, 3.05) is 18.0 Å². The number of carbonyl (C=O) groups excluding carboxylic acids is 1. The molecule has 1 aliphatic rings. The van der Waals surface area contributed by atoms with E-state index >= 15 is 0 Å². The molecule has 0 radical (unpaired) electrons. The van der Waals surface area contributed by atoms with Crippen molar-refractivity contribution in [3.8, 4) is 0 Å². The van der Waals surface area contributed by atoms with Crippen LogP contribution in [0.4, 0.5) is 10.1 Å². The van der Waals surface area contributed by atoms with Gasteiger partial charge in [-0.3, -0.25) is 4.79 Å². The highest BCUT2D eigenvalue weighted by Gasteiger charge is 2.31. The first-order valence-electron chi connectivity index (χ1n) is 7.65. The maximum absolute atomic E-state index is 14.0. The van der Waals surface area contributed by atoms with E-state index in [9.17, 15) is 9.18 Å². The molecular formula is C16H24FN3O. The summed E-state index contributed by atoms with van der Waals surface area (Å²) < 4.78 is 14.0. The minimum atomic E-state index is -0.721. The highest BCUT2D eigenvalue weighted by atomic mass is 19.1. The van der Waals surface area contributed by atoms with Crippen molar-refractivity contribution in [2.24, 2.45) is 17.4 Å². The molecule has 116 valence electrons. The second-order valence-electron chi connectivity index (χ2n) is 5.63. The van der Waals surface area contributed by atoms with Crippen molar-refractivity contribution < 1.29 is 9.18 Å². The molecule has 0 aromatic heterocycles. The molecule has 2 unspecified atom stereocenters. The SMILES string of the molecule is CCN(c1cccc(F)c1C(N)=O)C1CCCCC1CN. The number of benzene rings is 1. The quantitative estimate of drug-likeness (QED) is 0.874. The van der Waals surface area contributed by atoms with Gasteiger partial charge in [0, 0.05) is 12.6 Å². The third-order valence-electron chi connectivity index (χ3n) is 4.46. The summed E-state index contributed by atoms with van der Waals surface area (Å²) in [6.45, 7) is 3.32. The topological polar surface area (TPSA) is 72.3 Å². The molecular weight excluding hydrogens is 269 g/mol. The summed E-state index contributed by atoms with van der Waals surface area (Å²) in [6.07, 6.45) is 4.42. The molecule has 1 aromatic rings. The Balaban J connectivity index is 2.41. The summed E-state index contributed by atoms with van der Waals surface area (Å²) in [6, 6.07) is 4.92. The summed E-state index contributed by atoms with van der Waals surface area (Å²) in [5.41, 5.74) is 11.9. The summed E-state index contributed by atoms with van der Waals surface area (Å²) in [5, 5.41) is 0. The summed E-state index contributed by atoms with van der Waals surface area (Å²) in [4.78, 5) is 13.7. The molecule has 4 N–H and O–H groups in total.